The molecular formula is C24H32N4O4S. The van der Waals surface area contributed by atoms with Gasteiger partial charge in [-0.15, -0.1) is 0 Å². The van der Waals surface area contributed by atoms with Gasteiger partial charge in [-0.05, 0) is 56.3 Å². The lowest BCUT2D eigenvalue weighted by Crippen LogP contribution is -2.45. The van der Waals surface area contributed by atoms with Gasteiger partial charge in [0.05, 0.1) is 23.4 Å². The normalized spacial score (nSPS) is 18.8. The molecule has 0 aromatic heterocycles. The first-order valence-corrected chi connectivity index (χ1v) is 12.8. The molecule has 1 amide bonds. The van der Waals surface area contributed by atoms with Gasteiger partial charge in [0.15, 0.2) is 0 Å². The highest BCUT2D eigenvalue weighted by atomic mass is 32.2. The maximum Gasteiger partial charge on any atom is 0.243 e. The monoisotopic (exact) mass is 472 g/mol. The Morgan fingerprint density at radius 2 is 1.58 bits per heavy atom. The van der Waals surface area contributed by atoms with Crippen molar-refractivity contribution in [1.29, 1.82) is 0 Å². The number of rotatable bonds is 6. The van der Waals surface area contributed by atoms with Gasteiger partial charge in [-0.2, -0.15) is 4.31 Å². The van der Waals surface area contributed by atoms with Crippen molar-refractivity contribution in [2.45, 2.75) is 17.7 Å². The Hall–Kier alpha value is -2.62. The summed E-state index contributed by atoms with van der Waals surface area (Å²) >= 11 is 0. The standard InChI is InChI=1S/C24H32N4O4S/c1-26-15-17-27(18-16-26)23-6-4-3-5-22(23)25-24(29)19-11-13-28(14-12-19)33(30,31)21-9-7-20(32-2)8-10-21/h3-10,19H,11-18H2,1-2H3,(H,25,29). The number of nitrogens with zero attached hydrogens (tertiary/aromatic N) is 3. The fraction of sp³-hybridized carbons (Fsp3) is 0.458. The largest absolute Gasteiger partial charge is 0.497 e. The van der Waals surface area contributed by atoms with Crippen LogP contribution in [-0.4, -0.2) is 77.0 Å². The molecule has 2 aliphatic heterocycles. The number of hydrogen-bond acceptors (Lipinski definition) is 6. The first-order valence-electron chi connectivity index (χ1n) is 11.4. The van der Waals surface area contributed by atoms with Crippen LogP contribution in [0, 0.1) is 5.92 Å². The third-order valence-electron chi connectivity index (χ3n) is 6.53. The highest BCUT2D eigenvalue weighted by molar-refractivity contribution is 7.89. The van der Waals surface area contributed by atoms with Crippen LogP contribution in [0.4, 0.5) is 11.4 Å². The van der Waals surface area contributed by atoms with Crippen LogP contribution in [0.5, 0.6) is 5.75 Å². The Labute approximate surface area is 196 Å². The Bertz CT molecular complexity index is 1060. The number of benzene rings is 2. The highest BCUT2D eigenvalue weighted by Gasteiger charge is 2.32. The van der Waals surface area contributed by atoms with Crippen molar-refractivity contribution in [3.05, 3.63) is 48.5 Å². The first kappa shape index (κ1) is 23.5. The van der Waals surface area contributed by atoms with Crippen LogP contribution >= 0.6 is 0 Å². The second-order valence-corrected chi connectivity index (χ2v) is 10.6. The molecule has 1 N–H and O–H groups in total. The summed E-state index contributed by atoms with van der Waals surface area (Å²) in [7, 11) is 0.0764. The molecule has 0 unspecified atom stereocenters. The second-order valence-electron chi connectivity index (χ2n) is 8.65. The van der Waals surface area contributed by atoms with E-state index in [2.05, 4.69) is 22.2 Å². The molecule has 9 heteroatoms. The van der Waals surface area contributed by atoms with Gasteiger partial charge >= 0.3 is 0 Å². The van der Waals surface area contributed by atoms with E-state index in [4.69, 9.17) is 4.74 Å². The molecule has 8 nitrogen and oxygen atoms in total. The maximum absolute atomic E-state index is 13.0. The van der Waals surface area contributed by atoms with Gasteiger partial charge < -0.3 is 19.9 Å². The smallest absolute Gasteiger partial charge is 0.243 e. The number of carbonyl (C=O) groups is 1. The molecule has 2 aromatic carbocycles. The number of ether oxygens (including phenoxy) is 1. The van der Waals surface area contributed by atoms with Crippen molar-refractivity contribution in [2.24, 2.45) is 5.92 Å². The van der Waals surface area contributed by atoms with Crippen molar-refractivity contribution < 1.29 is 17.9 Å². The number of anilines is 2. The number of piperazine rings is 1. The summed E-state index contributed by atoms with van der Waals surface area (Å²) in [4.78, 5) is 17.9. The van der Waals surface area contributed by atoms with E-state index in [9.17, 15) is 13.2 Å². The average Bonchev–Trinajstić information content (AvgIpc) is 2.85. The van der Waals surface area contributed by atoms with E-state index in [0.29, 0.717) is 31.7 Å². The van der Waals surface area contributed by atoms with E-state index in [-0.39, 0.29) is 16.7 Å². The first-order chi connectivity index (χ1) is 15.9. The van der Waals surface area contributed by atoms with Crippen molar-refractivity contribution in [3.63, 3.8) is 0 Å². The molecule has 0 spiro atoms. The minimum atomic E-state index is -3.59. The Balaban J connectivity index is 1.37. The zero-order valence-electron chi connectivity index (χ0n) is 19.2. The number of methoxy groups -OCH3 is 1. The highest BCUT2D eigenvalue weighted by Crippen LogP contribution is 2.29. The van der Waals surface area contributed by atoms with Gasteiger partial charge in [0.25, 0.3) is 0 Å². The van der Waals surface area contributed by atoms with Gasteiger partial charge in [-0.3, -0.25) is 4.79 Å². The van der Waals surface area contributed by atoms with Crippen LogP contribution in [-0.2, 0) is 14.8 Å². The minimum absolute atomic E-state index is 0.0435. The van der Waals surface area contributed by atoms with Crippen LogP contribution in [0.25, 0.3) is 0 Å². The quantitative estimate of drug-likeness (QED) is 0.696. The zero-order chi connectivity index (χ0) is 23.4. The fourth-order valence-corrected chi connectivity index (χ4v) is 5.86. The van der Waals surface area contributed by atoms with E-state index in [1.54, 1.807) is 31.4 Å². The number of sulfonamides is 1. The van der Waals surface area contributed by atoms with Crippen LogP contribution < -0.4 is 15.0 Å². The molecule has 2 heterocycles. The number of carbonyl (C=O) groups excluding carboxylic acids is 1. The molecule has 33 heavy (non-hydrogen) atoms. The summed E-state index contributed by atoms with van der Waals surface area (Å²) in [6.07, 6.45) is 0.996. The lowest BCUT2D eigenvalue weighted by Gasteiger charge is -2.35. The number of amides is 1. The Kier molecular flexibility index (Phi) is 7.21. The minimum Gasteiger partial charge on any atom is -0.497 e. The van der Waals surface area contributed by atoms with Crippen molar-refractivity contribution >= 4 is 27.3 Å². The summed E-state index contributed by atoms with van der Waals surface area (Å²) in [5.74, 6) is 0.354. The number of hydrogen-bond donors (Lipinski definition) is 1. The molecule has 178 valence electrons. The molecule has 2 aliphatic rings. The molecule has 2 saturated heterocycles. The number of nitrogens with one attached hydrogen (secondary N) is 1. The second kappa shape index (κ2) is 10.1. The summed E-state index contributed by atoms with van der Waals surface area (Å²) in [5, 5.41) is 3.11. The van der Waals surface area contributed by atoms with Gasteiger partial charge in [0.1, 0.15) is 5.75 Å². The van der Waals surface area contributed by atoms with Crippen LogP contribution in [0.1, 0.15) is 12.8 Å². The zero-order valence-corrected chi connectivity index (χ0v) is 20.1. The van der Waals surface area contributed by atoms with Crippen LogP contribution in [0.2, 0.25) is 0 Å². The van der Waals surface area contributed by atoms with Crippen LogP contribution in [0.15, 0.2) is 53.4 Å². The predicted molar refractivity (Wildman–Crippen MR) is 129 cm³/mol. The van der Waals surface area contributed by atoms with E-state index < -0.39 is 10.0 Å². The molecule has 0 aliphatic carbocycles. The van der Waals surface area contributed by atoms with E-state index >= 15 is 0 Å². The predicted octanol–water partition coefficient (Wildman–Crippen LogP) is 2.49. The topological polar surface area (TPSA) is 82.2 Å². The van der Waals surface area contributed by atoms with Gasteiger partial charge in [0.2, 0.25) is 15.9 Å². The van der Waals surface area contributed by atoms with Gasteiger partial charge in [-0.1, -0.05) is 12.1 Å². The summed E-state index contributed by atoms with van der Waals surface area (Å²) in [6.45, 7) is 4.47. The summed E-state index contributed by atoms with van der Waals surface area (Å²) in [6, 6.07) is 14.3. The molecule has 4 rings (SSSR count). The Morgan fingerprint density at radius 3 is 2.21 bits per heavy atom. The third kappa shape index (κ3) is 5.31. The van der Waals surface area contributed by atoms with Crippen molar-refractivity contribution in [1.82, 2.24) is 9.21 Å². The van der Waals surface area contributed by atoms with Crippen molar-refractivity contribution in [2.75, 3.05) is 63.6 Å². The lowest BCUT2D eigenvalue weighted by atomic mass is 9.97. The number of piperidine rings is 1. The van der Waals surface area contributed by atoms with Crippen LogP contribution in [0.3, 0.4) is 0 Å². The number of para-hydroxylation sites is 2. The lowest BCUT2D eigenvalue weighted by molar-refractivity contribution is -0.120. The van der Waals surface area contributed by atoms with E-state index in [1.165, 1.54) is 4.31 Å². The molecule has 2 aromatic rings. The molecule has 0 saturated carbocycles. The van der Waals surface area contributed by atoms with E-state index in [1.807, 2.05) is 24.3 Å². The molecule has 0 radical (unpaired) electrons. The van der Waals surface area contributed by atoms with E-state index in [0.717, 1.165) is 37.6 Å². The molecule has 0 bridgehead atoms. The average molecular weight is 473 g/mol. The molecule has 2 fully saturated rings. The summed E-state index contributed by atoms with van der Waals surface area (Å²) in [5.41, 5.74) is 1.86. The van der Waals surface area contributed by atoms with Crippen molar-refractivity contribution in [3.8, 4) is 5.75 Å². The Morgan fingerprint density at radius 1 is 0.939 bits per heavy atom. The fourth-order valence-electron chi connectivity index (χ4n) is 4.39. The van der Waals surface area contributed by atoms with Gasteiger partial charge in [0, 0.05) is 45.2 Å². The third-order valence-corrected chi connectivity index (χ3v) is 8.44. The van der Waals surface area contributed by atoms with Gasteiger partial charge in [-0.25, -0.2) is 8.42 Å². The number of likely N-dealkylation sites (N-methyl/N-ethyl adjacent to an activating group) is 1. The SMILES string of the molecule is COc1ccc(S(=O)(=O)N2CCC(C(=O)Nc3ccccc3N3CCN(C)CC3)CC2)cc1. The maximum atomic E-state index is 13.0. The molecule has 0 atom stereocenters. The molecular weight excluding hydrogens is 440 g/mol. The summed E-state index contributed by atoms with van der Waals surface area (Å²) < 4.78 is 32.5.